The number of ether oxygens (including phenoxy) is 1. The Hall–Kier alpha value is -0.610. The minimum Gasteiger partial charge on any atom is -0.380 e. The maximum Gasteiger partial charge on any atom is 0.222 e. The monoisotopic (exact) mass is 256 g/mol. The Bertz CT molecular complexity index is 234. The van der Waals surface area contributed by atoms with Crippen molar-refractivity contribution in [3.63, 3.8) is 0 Å². The number of nitrogens with one attached hydrogen (secondary N) is 1. The third kappa shape index (κ3) is 5.36. The number of amides is 1. The fraction of sp³-hybridized carbons (Fsp3) is 0.929. The maximum absolute atomic E-state index is 11.9. The molecule has 0 aromatic rings. The van der Waals surface area contributed by atoms with Crippen LogP contribution >= 0.6 is 0 Å². The lowest BCUT2D eigenvalue weighted by Crippen LogP contribution is -2.40. The predicted molar refractivity (Wildman–Crippen MR) is 73.3 cm³/mol. The van der Waals surface area contributed by atoms with E-state index in [-0.39, 0.29) is 18.1 Å². The summed E-state index contributed by atoms with van der Waals surface area (Å²) in [5.74, 6) is 0.694. The maximum atomic E-state index is 11.9. The van der Waals surface area contributed by atoms with Crippen molar-refractivity contribution in [2.45, 2.75) is 64.0 Å². The summed E-state index contributed by atoms with van der Waals surface area (Å²) >= 11 is 0. The second-order valence-corrected chi connectivity index (χ2v) is 5.41. The van der Waals surface area contributed by atoms with Crippen molar-refractivity contribution in [3.8, 4) is 0 Å². The van der Waals surface area contributed by atoms with Crippen molar-refractivity contribution >= 4 is 5.91 Å². The van der Waals surface area contributed by atoms with Gasteiger partial charge >= 0.3 is 0 Å². The molecule has 4 nitrogen and oxygen atoms in total. The summed E-state index contributed by atoms with van der Waals surface area (Å²) in [5, 5.41) is 3.10. The topological polar surface area (TPSA) is 64.3 Å². The Balaban J connectivity index is 2.33. The van der Waals surface area contributed by atoms with E-state index < -0.39 is 0 Å². The van der Waals surface area contributed by atoms with Crippen LogP contribution < -0.4 is 11.1 Å². The van der Waals surface area contributed by atoms with Crippen LogP contribution in [0.25, 0.3) is 0 Å². The summed E-state index contributed by atoms with van der Waals surface area (Å²) in [6.07, 6.45) is 7.98. The minimum absolute atomic E-state index is 0.0593. The molecule has 0 saturated heterocycles. The summed E-state index contributed by atoms with van der Waals surface area (Å²) in [5.41, 5.74) is 5.52. The number of methoxy groups -OCH3 is 1. The molecule has 1 aliphatic carbocycles. The number of hydrogen-bond acceptors (Lipinski definition) is 3. The molecule has 4 heteroatoms. The van der Waals surface area contributed by atoms with Crippen LogP contribution in [0.2, 0.25) is 0 Å². The van der Waals surface area contributed by atoms with Gasteiger partial charge in [0.05, 0.1) is 12.5 Å². The Morgan fingerprint density at radius 1 is 1.33 bits per heavy atom. The smallest absolute Gasteiger partial charge is 0.222 e. The van der Waals surface area contributed by atoms with E-state index in [1.807, 2.05) is 0 Å². The van der Waals surface area contributed by atoms with Crippen LogP contribution in [-0.2, 0) is 9.53 Å². The second-order valence-electron chi connectivity index (χ2n) is 5.41. The largest absolute Gasteiger partial charge is 0.380 e. The fourth-order valence-corrected chi connectivity index (χ4v) is 2.71. The van der Waals surface area contributed by atoms with Crippen molar-refractivity contribution in [2.24, 2.45) is 11.7 Å². The zero-order chi connectivity index (χ0) is 13.4. The lowest BCUT2D eigenvalue weighted by molar-refractivity contribution is -0.124. The summed E-state index contributed by atoms with van der Waals surface area (Å²) in [6.45, 7) is 2.51. The van der Waals surface area contributed by atoms with Crippen LogP contribution in [0, 0.1) is 5.92 Å². The van der Waals surface area contributed by atoms with Crippen molar-refractivity contribution in [1.29, 1.82) is 0 Å². The van der Waals surface area contributed by atoms with Crippen LogP contribution in [0.1, 0.15) is 51.9 Å². The van der Waals surface area contributed by atoms with Crippen molar-refractivity contribution < 1.29 is 9.53 Å². The minimum atomic E-state index is -0.161. The van der Waals surface area contributed by atoms with Gasteiger partial charge in [0, 0.05) is 19.7 Å². The zero-order valence-electron chi connectivity index (χ0n) is 11.8. The van der Waals surface area contributed by atoms with Gasteiger partial charge in [-0.15, -0.1) is 0 Å². The Labute approximate surface area is 111 Å². The molecule has 0 heterocycles. The van der Waals surface area contributed by atoms with Crippen molar-refractivity contribution in [2.75, 3.05) is 13.7 Å². The zero-order valence-corrected chi connectivity index (χ0v) is 11.8. The third-order valence-electron chi connectivity index (χ3n) is 4.00. The molecule has 1 fully saturated rings. The Morgan fingerprint density at radius 3 is 2.44 bits per heavy atom. The molecule has 106 valence electrons. The lowest BCUT2D eigenvalue weighted by atomic mass is 9.93. The van der Waals surface area contributed by atoms with Gasteiger partial charge in [-0.1, -0.05) is 25.7 Å². The molecule has 0 aromatic heterocycles. The number of carbonyl (C=O) groups excluding carboxylic acids is 1. The molecule has 0 spiro atoms. The molecule has 2 atom stereocenters. The number of hydrogen-bond donors (Lipinski definition) is 2. The first-order valence-electron chi connectivity index (χ1n) is 7.19. The lowest BCUT2D eigenvalue weighted by Gasteiger charge is -2.24. The van der Waals surface area contributed by atoms with E-state index in [9.17, 15) is 4.79 Å². The molecular formula is C14H28N2O2. The van der Waals surface area contributed by atoms with E-state index in [1.54, 1.807) is 7.11 Å². The van der Waals surface area contributed by atoms with E-state index >= 15 is 0 Å². The number of carbonyl (C=O) groups is 1. The van der Waals surface area contributed by atoms with Gasteiger partial charge in [0.25, 0.3) is 0 Å². The van der Waals surface area contributed by atoms with Crippen molar-refractivity contribution in [1.82, 2.24) is 5.32 Å². The van der Waals surface area contributed by atoms with E-state index in [4.69, 9.17) is 10.5 Å². The van der Waals surface area contributed by atoms with Gasteiger partial charge in [-0.2, -0.15) is 0 Å². The average Bonchev–Trinajstić information content (AvgIpc) is 2.64. The van der Waals surface area contributed by atoms with Crippen LogP contribution in [-0.4, -0.2) is 31.7 Å². The quantitative estimate of drug-likeness (QED) is 0.713. The Kier molecular flexibility index (Phi) is 7.28. The molecule has 0 aromatic carbocycles. The molecule has 3 N–H and O–H groups in total. The van der Waals surface area contributed by atoms with Gasteiger partial charge in [-0.05, 0) is 25.7 Å². The normalized spacial score (nSPS) is 21.1. The molecule has 0 aliphatic heterocycles. The van der Waals surface area contributed by atoms with Crippen LogP contribution in [0.4, 0.5) is 0 Å². The average molecular weight is 256 g/mol. The molecule has 1 rings (SSSR count). The van der Waals surface area contributed by atoms with E-state index in [1.165, 1.54) is 38.5 Å². The standard InChI is InChI=1S/C14H28N2O2/c1-11(12-7-5-3-4-6-8-12)16-14(17)9-13(10-15)18-2/h11-13H,3-10,15H2,1-2H3,(H,16,17)/t11-,13?/m0/s1. The van der Waals surface area contributed by atoms with Crippen LogP contribution in [0.15, 0.2) is 0 Å². The molecular weight excluding hydrogens is 228 g/mol. The van der Waals surface area contributed by atoms with Gasteiger partial charge in [0.2, 0.25) is 5.91 Å². The van der Waals surface area contributed by atoms with Crippen LogP contribution in [0.3, 0.4) is 0 Å². The molecule has 0 radical (unpaired) electrons. The molecule has 18 heavy (non-hydrogen) atoms. The SMILES string of the molecule is COC(CN)CC(=O)N[C@@H](C)C1CCCCCC1. The van der Waals surface area contributed by atoms with Crippen molar-refractivity contribution in [3.05, 3.63) is 0 Å². The number of nitrogens with two attached hydrogens (primary N) is 1. The van der Waals surface area contributed by atoms with Crippen LogP contribution in [0.5, 0.6) is 0 Å². The summed E-state index contributed by atoms with van der Waals surface area (Å²) in [4.78, 5) is 11.9. The first-order valence-corrected chi connectivity index (χ1v) is 7.19. The fourth-order valence-electron chi connectivity index (χ4n) is 2.71. The molecule has 1 unspecified atom stereocenters. The van der Waals surface area contributed by atoms with Gasteiger partial charge in [-0.3, -0.25) is 4.79 Å². The highest BCUT2D eigenvalue weighted by Crippen LogP contribution is 2.25. The summed E-state index contributed by atoms with van der Waals surface area (Å²) in [6, 6.07) is 0.269. The van der Waals surface area contributed by atoms with Gasteiger partial charge in [0.15, 0.2) is 0 Å². The molecule has 1 aliphatic rings. The Morgan fingerprint density at radius 2 is 1.94 bits per heavy atom. The third-order valence-corrected chi connectivity index (χ3v) is 4.00. The van der Waals surface area contributed by atoms with E-state index in [2.05, 4.69) is 12.2 Å². The van der Waals surface area contributed by atoms with E-state index in [0.717, 1.165) is 0 Å². The van der Waals surface area contributed by atoms with E-state index in [0.29, 0.717) is 18.9 Å². The van der Waals surface area contributed by atoms with Gasteiger partial charge < -0.3 is 15.8 Å². The highest BCUT2D eigenvalue weighted by molar-refractivity contribution is 5.76. The molecule has 1 saturated carbocycles. The summed E-state index contributed by atoms with van der Waals surface area (Å²) < 4.78 is 5.13. The summed E-state index contributed by atoms with van der Waals surface area (Å²) in [7, 11) is 1.60. The predicted octanol–water partition coefficient (Wildman–Crippen LogP) is 1.83. The van der Waals surface area contributed by atoms with Gasteiger partial charge in [0.1, 0.15) is 0 Å². The van der Waals surface area contributed by atoms with Gasteiger partial charge in [-0.25, -0.2) is 0 Å². The first kappa shape index (κ1) is 15.4. The number of rotatable bonds is 6. The second kappa shape index (κ2) is 8.48. The highest BCUT2D eigenvalue weighted by atomic mass is 16.5. The highest BCUT2D eigenvalue weighted by Gasteiger charge is 2.21. The molecule has 0 bridgehead atoms. The first-order chi connectivity index (χ1) is 8.67. The molecule has 1 amide bonds.